The second kappa shape index (κ2) is 13.7. The standard InChI is InChI=1S/C34H32F3N5O6/c1-20(38-3)31(44)39-26-17-41(32(45)23-14-12-22(13-15-23)21(2)43)29-11-7-6-10-28(29)40(33(26)46)16-25-24-8-4-5-9-27(24)42(47)18-30(25)48-19-34(35,36)37/h4-15,18,20,26,38H,16-17,19H2,1-3H3,(H,39,44). The average molecular weight is 664 g/mol. The maximum atomic E-state index is 14.4. The fourth-order valence-electron chi connectivity index (χ4n) is 5.39. The first-order valence-corrected chi connectivity index (χ1v) is 14.9. The molecule has 2 atom stereocenters. The van der Waals surface area contributed by atoms with E-state index >= 15 is 0 Å². The van der Waals surface area contributed by atoms with Gasteiger partial charge >= 0.3 is 6.18 Å². The number of rotatable bonds is 9. The van der Waals surface area contributed by atoms with E-state index in [0.29, 0.717) is 10.3 Å². The van der Waals surface area contributed by atoms with Crippen LogP contribution in [0.15, 0.2) is 79.0 Å². The number of para-hydroxylation sites is 3. The molecule has 0 saturated carbocycles. The van der Waals surface area contributed by atoms with Gasteiger partial charge in [-0.25, -0.2) is 0 Å². The van der Waals surface area contributed by atoms with Gasteiger partial charge in [0.15, 0.2) is 18.1 Å². The van der Waals surface area contributed by atoms with Gasteiger partial charge in [-0.1, -0.05) is 36.4 Å². The largest absolute Gasteiger partial charge is 0.618 e. The number of carbonyl (C=O) groups is 4. The second-order valence-corrected chi connectivity index (χ2v) is 11.3. The summed E-state index contributed by atoms with van der Waals surface area (Å²) in [5.74, 6) is -2.30. The van der Waals surface area contributed by atoms with Gasteiger partial charge in [0.2, 0.25) is 17.6 Å². The summed E-state index contributed by atoms with van der Waals surface area (Å²) >= 11 is 0. The number of nitrogens with zero attached hydrogens (tertiary/aromatic N) is 3. The molecule has 0 fully saturated rings. The molecule has 14 heteroatoms. The minimum Gasteiger partial charge on any atom is -0.618 e. The highest BCUT2D eigenvalue weighted by Crippen LogP contribution is 2.37. The topological polar surface area (TPSA) is 135 Å². The molecule has 0 bridgehead atoms. The van der Waals surface area contributed by atoms with Crippen molar-refractivity contribution < 1.29 is 41.8 Å². The van der Waals surface area contributed by atoms with Crippen LogP contribution in [0.2, 0.25) is 0 Å². The number of carbonyl (C=O) groups excluding carboxylic acids is 4. The van der Waals surface area contributed by atoms with E-state index in [-0.39, 0.29) is 52.3 Å². The van der Waals surface area contributed by atoms with E-state index in [1.807, 2.05) is 0 Å². The summed E-state index contributed by atoms with van der Waals surface area (Å²) in [5.41, 5.74) is 1.34. The summed E-state index contributed by atoms with van der Waals surface area (Å²) in [7, 11) is 1.56. The minimum absolute atomic E-state index is 0.110. The quantitative estimate of drug-likeness (QED) is 0.158. The van der Waals surface area contributed by atoms with Crippen LogP contribution in [0.25, 0.3) is 10.9 Å². The van der Waals surface area contributed by atoms with Crippen molar-refractivity contribution in [3.8, 4) is 5.75 Å². The summed E-state index contributed by atoms with van der Waals surface area (Å²) in [5, 5.41) is 18.6. The van der Waals surface area contributed by atoms with Crippen molar-refractivity contribution in [2.24, 2.45) is 0 Å². The van der Waals surface area contributed by atoms with Crippen LogP contribution in [0, 0.1) is 5.21 Å². The molecule has 48 heavy (non-hydrogen) atoms. The van der Waals surface area contributed by atoms with Crippen LogP contribution in [-0.4, -0.2) is 62.0 Å². The molecule has 0 aliphatic carbocycles. The number of amides is 3. The number of alkyl halides is 3. The molecule has 1 aliphatic rings. The van der Waals surface area contributed by atoms with Crippen LogP contribution in [-0.2, 0) is 16.1 Å². The number of benzene rings is 3. The molecule has 2 heterocycles. The molecule has 1 aliphatic heterocycles. The van der Waals surface area contributed by atoms with Crippen molar-refractivity contribution in [1.29, 1.82) is 0 Å². The Hall–Kier alpha value is -5.50. The highest BCUT2D eigenvalue weighted by Gasteiger charge is 2.39. The molecule has 3 amide bonds. The number of fused-ring (bicyclic) bond motifs is 2. The first-order valence-electron chi connectivity index (χ1n) is 14.9. The Morgan fingerprint density at radius 3 is 2.27 bits per heavy atom. The van der Waals surface area contributed by atoms with Crippen molar-refractivity contribution in [2.75, 3.05) is 30.0 Å². The van der Waals surface area contributed by atoms with E-state index in [1.165, 1.54) is 53.1 Å². The smallest absolute Gasteiger partial charge is 0.422 e. The number of likely N-dealkylation sites (N-methyl/N-ethyl adjacent to an activating group) is 1. The van der Waals surface area contributed by atoms with E-state index < -0.39 is 48.3 Å². The maximum absolute atomic E-state index is 14.4. The molecule has 4 aromatic rings. The number of Topliss-reactive ketones (excluding diaryl/α,β-unsaturated/α-hetero) is 1. The van der Waals surface area contributed by atoms with Gasteiger partial charge in [-0.15, -0.1) is 0 Å². The van der Waals surface area contributed by atoms with Crippen molar-refractivity contribution in [3.05, 3.63) is 101 Å². The van der Waals surface area contributed by atoms with E-state index in [9.17, 15) is 37.6 Å². The third-order valence-electron chi connectivity index (χ3n) is 8.03. The van der Waals surface area contributed by atoms with E-state index in [2.05, 4.69) is 10.6 Å². The molecule has 0 spiro atoms. The minimum atomic E-state index is -4.72. The average Bonchev–Trinajstić information content (AvgIpc) is 3.18. The molecule has 11 nitrogen and oxygen atoms in total. The zero-order valence-electron chi connectivity index (χ0n) is 26.2. The van der Waals surface area contributed by atoms with Crippen LogP contribution in [0.1, 0.15) is 40.1 Å². The maximum Gasteiger partial charge on any atom is 0.422 e. The molecular weight excluding hydrogens is 631 g/mol. The number of ether oxygens (including phenoxy) is 1. The molecule has 250 valence electrons. The number of ketones is 1. The Bertz CT molecular complexity index is 1880. The number of hydrogen-bond acceptors (Lipinski definition) is 7. The first-order chi connectivity index (χ1) is 22.8. The molecule has 5 rings (SSSR count). The zero-order valence-corrected chi connectivity index (χ0v) is 26.2. The predicted octanol–water partition coefficient (Wildman–Crippen LogP) is 3.90. The van der Waals surface area contributed by atoms with Gasteiger partial charge in [0.25, 0.3) is 11.8 Å². The Morgan fingerprint density at radius 2 is 1.62 bits per heavy atom. The lowest BCUT2D eigenvalue weighted by atomic mass is 10.1. The SMILES string of the molecule is CNC(C)C(=O)NC1CN(C(=O)c2ccc(C(C)=O)cc2)c2ccccc2N(Cc2c(OCC(F)(F)F)c[n+]([O-])c3ccccc23)C1=O. The van der Waals surface area contributed by atoms with Crippen LogP contribution < -0.4 is 29.9 Å². The van der Waals surface area contributed by atoms with E-state index in [4.69, 9.17) is 4.74 Å². The molecule has 1 aromatic heterocycles. The third-order valence-corrected chi connectivity index (χ3v) is 8.03. The van der Waals surface area contributed by atoms with Gasteiger partial charge in [-0.05, 0) is 51.2 Å². The number of pyridine rings is 1. The molecule has 0 radical (unpaired) electrons. The summed E-state index contributed by atoms with van der Waals surface area (Å²) in [6.45, 7) is 0.617. The molecular formula is C34H32F3N5O6. The van der Waals surface area contributed by atoms with Gasteiger partial charge in [0.05, 0.1) is 35.9 Å². The number of aromatic nitrogens is 1. The Morgan fingerprint density at radius 1 is 1.00 bits per heavy atom. The van der Waals surface area contributed by atoms with E-state index in [0.717, 1.165) is 6.20 Å². The lowest BCUT2D eigenvalue weighted by Crippen LogP contribution is -2.55. The number of anilines is 2. The highest BCUT2D eigenvalue weighted by molar-refractivity contribution is 6.13. The van der Waals surface area contributed by atoms with Gasteiger partial charge in [0.1, 0.15) is 6.04 Å². The number of halogens is 3. The molecule has 2 unspecified atom stereocenters. The van der Waals surface area contributed by atoms with Crippen molar-refractivity contribution >= 4 is 45.8 Å². The van der Waals surface area contributed by atoms with Crippen LogP contribution in [0.4, 0.5) is 24.5 Å². The predicted molar refractivity (Wildman–Crippen MR) is 171 cm³/mol. The zero-order chi connectivity index (χ0) is 34.7. The number of hydrogen-bond donors (Lipinski definition) is 2. The fraction of sp³-hybridized carbons (Fsp3) is 0.265. The van der Waals surface area contributed by atoms with E-state index in [1.54, 1.807) is 50.4 Å². The first kappa shape index (κ1) is 33.9. The summed E-state index contributed by atoms with van der Waals surface area (Å²) in [4.78, 5) is 56.0. The number of nitrogens with one attached hydrogen (secondary N) is 2. The second-order valence-electron chi connectivity index (χ2n) is 11.3. The summed E-state index contributed by atoms with van der Waals surface area (Å²) in [6, 6.07) is 16.6. The van der Waals surface area contributed by atoms with Crippen LogP contribution in [0.5, 0.6) is 5.75 Å². The van der Waals surface area contributed by atoms with Crippen molar-refractivity contribution in [3.63, 3.8) is 0 Å². The monoisotopic (exact) mass is 663 g/mol. The summed E-state index contributed by atoms with van der Waals surface area (Å²) < 4.78 is 45.3. The van der Waals surface area contributed by atoms with Gasteiger partial charge in [0, 0.05) is 22.8 Å². The Balaban J connectivity index is 1.66. The summed E-state index contributed by atoms with van der Waals surface area (Å²) in [6.07, 6.45) is -3.84. The molecule has 2 N–H and O–H groups in total. The van der Waals surface area contributed by atoms with Gasteiger partial charge < -0.3 is 30.4 Å². The Kier molecular flexibility index (Phi) is 9.66. The lowest BCUT2D eigenvalue weighted by molar-refractivity contribution is -0.577. The third kappa shape index (κ3) is 7.08. The van der Waals surface area contributed by atoms with Crippen molar-refractivity contribution in [2.45, 2.75) is 38.7 Å². The molecule has 3 aromatic carbocycles. The molecule has 0 saturated heterocycles. The van der Waals surface area contributed by atoms with Crippen LogP contribution >= 0.6 is 0 Å². The van der Waals surface area contributed by atoms with Gasteiger partial charge in [-0.2, -0.15) is 17.9 Å². The normalized spacial score (nSPS) is 15.5. The van der Waals surface area contributed by atoms with Crippen molar-refractivity contribution in [1.82, 2.24) is 10.6 Å². The van der Waals surface area contributed by atoms with Crippen LogP contribution in [0.3, 0.4) is 0 Å². The van der Waals surface area contributed by atoms with Gasteiger partial charge in [-0.3, -0.25) is 19.2 Å². The Labute approximate surface area is 273 Å². The highest BCUT2D eigenvalue weighted by atomic mass is 19.4. The lowest BCUT2D eigenvalue weighted by Gasteiger charge is -2.27. The fourth-order valence-corrected chi connectivity index (χ4v) is 5.39.